The van der Waals surface area contributed by atoms with Crippen LogP contribution in [-0.2, 0) is 6.61 Å². The van der Waals surface area contributed by atoms with Crippen LogP contribution in [-0.4, -0.2) is 26.3 Å². The van der Waals surface area contributed by atoms with Crippen LogP contribution in [0.4, 0.5) is 10.1 Å². The van der Waals surface area contributed by atoms with E-state index in [2.05, 4.69) is 4.98 Å². The van der Waals surface area contributed by atoms with Crippen LogP contribution in [0.3, 0.4) is 0 Å². The maximum atomic E-state index is 14.6. The number of hydrogen-bond donors (Lipinski definition) is 1. The van der Waals surface area contributed by atoms with Crippen LogP contribution >= 0.6 is 0 Å². The second-order valence-electron chi connectivity index (χ2n) is 6.52. The van der Waals surface area contributed by atoms with Gasteiger partial charge < -0.3 is 19.2 Å². The molecule has 1 heterocycles. The highest BCUT2D eigenvalue weighted by Gasteiger charge is 2.15. The zero-order valence-corrected chi connectivity index (χ0v) is 16.9. The summed E-state index contributed by atoms with van der Waals surface area (Å²) in [6.07, 6.45) is 0. The molecule has 152 valence electrons. The molecule has 0 aliphatic carbocycles. The molecule has 2 N–H and O–H groups in total. The van der Waals surface area contributed by atoms with E-state index in [0.29, 0.717) is 29.4 Å². The maximum Gasteiger partial charge on any atom is 0.224 e. The van der Waals surface area contributed by atoms with Gasteiger partial charge in [-0.25, -0.2) is 10.2 Å². The van der Waals surface area contributed by atoms with Crippen molar-refractivity contribution in [1.82, 2.24) is 4.98 Å². The second kappa shape index (κ2) is 8.79. The van der Waals surface area contributed by atoms with Crippen molar-refractivity contribution in [1.29, 1.82) is 0 Å². The van der Waals surface area contributed by atoms with Gasteiger partial charge in [-0.15, -0.1) is 0 Å². The SMILES string of the molecule is COc1ccc(-c2cc(OCc3c(C)cccc3N(C)N)ccc2F)c(OC)n1. The molecular weight excluding hydrogens is 373 g/mol. The summed E-state index contributed by atoms with van der Waals surface area (Å²) in [5.74, 6) is 6.70. The molecule has 0 fully saturated rings. The summed E-state index contributed by atoms with van der Waals surface area (Å²) in [5.41, 5.74) is 3.73. The first kappa shape index (κ1) is 20.4. The average molecular weight is 397 g/mol. The van der Waals surface area contributed by atoms with Gasteiger partial charge in [-0.2, -0.15) is 4.98 Å². The largest absolute Gasteiger partial charge is 0.489 e. The Labute approximate surface area is 169 Å². The van der Waals surface area contributed by atoms with Crippen LogP contribution in [0.5, 0.6) is 17.5 Å². The van der Waals surface area contributed by atoms with E-state index in [9.17, 15) is 4.39 Å². The molecule has 0 unspecified atom stereocenters. The summed E-state index contributed by atoms with van der Waals surface area (Å²) in [6, 6.07) is 13.8. The number of hydrogen-bond acceptors (Lipinski definition) is 6. The van der Waals surface area contributed by atoms with E-state index in [-0.39, 0.29) is 5.88 Å². The standard InChI is InChI=1S/C22H24FN3O3/c1-14-6-5-7-20(26(2)24)18(14)13-29-15-8-10-19(23)17(12-15)16-9-11-21(27-3)25-22(16)28-4/h5-12H,13,24H2,1-4H3. The molecule has 0 aliphatic rings. The number of nitrogens with two attached hydrogens (primary N) is 1. The molecule has 0 radical (unpaired) electrons. The molecule has 0 saturated heterocycles. The minimum atomic E-state index is -0.402. The molecular formula is C22H24FN3O3. The Bertz CT molecular complexity index is 1010. The monoisotopic (exact) mass is 397 g/mol. The molecule has 0 spiro atoms. The molecule has 1 aromatic heterocycles. The van der Waals surface area contributed by atoms with E-state index < -0.39 is 5.82 Å². The minimum absolute atomic E-state index is 0.270. The molecule has 3 rings (SSSR count). The molecule has 3 aromatic rings. The summed E-state index contributed by atoms with van der Waals surface area (Å²) >= 11 is 0. The van der Waals surface area contributed by atoms with Crippen LogP contribution in [0.15, 0.2) is 48.5 Å². The van der Waals surface area contributed by atoms with Gasteiger partial charge in [0.2, 0.25) is 11.8 Å². The van der Waals surface area contributed by atoms with Crippen molar-refractivity contribution >= 4 is 5.69 Å². The summed E-state index contributed by atoms with van der Waals surface area (Å²) in [6.45, 7) is 2.29. The van der Waals surface area contributed by atoms with Crippen molar-refractivity contribution < 1.29 is 18.6 Å². The van der Waals surface area contributed by atoms with Crippen molar-refractivity contribution in [3.05, 3.63) is 65.5 Å². The number of halogens is 1. The fourth-order valence-electron chi connectivity index (χ4n) is 3.06. The van der Waals surface area contributed by atoms with Gasteiger partial charge >= 0.3 is 0 Å². The minimum Gasteiger partial charge on any atom is -0.489 e. The quantitative estimate of drug-likeness (QED) is 0.478. The first-order chi connectivity index (χ1) is 13.9. The number of rotatable bonds is 7. The lowest BCUT2D eigenvalue weighted by atomic mass is 10.1. The van der Waals surface area contributed by atoms with E-state index in [4.69, 9.17) is 20.1 Å². The van der Waals surface area contributed by atoms with Gasteiger partial charge in [-0.1, -0.05) is 12.1 Å². The first-order valence-corrected chi connectivity index (χ1v) is 9.03. The Hall–Kier alpha value is -3.32. The van der Waals surface area contributed by atoms with Gasteiger partial charge in [-0.05, 0) is 42.8 Å². The fraction of sp³-hybridized carbons (Fsp3) is 0.227. The Morgan fingerprint density at radius 3 is 2.52 bits per heavy atom. The Morgan fingerprint density at radius 2 is 1.83 bits per heavy atom. The van der Waals surface area contributed by atoms with Crippen LogP contribution in [0, 0.1) is 12.7 Å². The topological polar surface area (TPSA) is 69.8 Å². The van der Waals surface area contributed by atoms with Gasteiger partial charge in [0.1, 0.15) is 18.2 Å². The number of pyridine rings is 1. The molecule has 0 saturated carbocycles. The van der Waals surface area contributed by atoms with Crippen molar-refractivity contribution in [2.45, 2.75) is 13.5 Å². The maximum absolute atomic E-state index is 14.6. The third kappa shape index (κ3) is 4.41. The van der Waals surface area contributed by atoms with E-state index in [1.54, 1.807) is 36.3 Å². The van der Waals surface area contributed by atoms with Crippen LogP contribution in [0.1, 0.15) is 11.1 Å². The molecule has 0 aliphatic heterocycles. The number of aromatic nitrogens is 1. The number of aryl methyl sites for hydroxylation is 1. The predicted molar refractivity (Wildman–Crippen MR) is 111 cm³/mol. The van der Waals surface area contributed by atoms with Crippen LogP contribution in [0.2, 0.25) is 0 Å². The van der Waals surface area contributed by atoms with Gasteiger partial charge in [-0.3, -0.25) is 0 Å². The van der Waals surface area contributed by atoms with Gasteiger partial charge in [0, 0.05) is 29.8 Å². The number of ether oxygens (including phenoxy) is 3. The Morgan fingerprint density at radius 1 is 1.03 bits per heavy atom. The van der Waals surface area contributed by atoms with Gasteiger partial charge in [0.15, 0.2) is 0 Å². The summed E-state index contributed by atoms with van der Waals surface area (Å²) in [5, 5.41) is 1.55. The normalized spacial score (nSPS) is 10.6. The lowest BCUT2D eigenvalue weighted by molar-refractivity contribution is 0.305. The first-order valence-electron chi connectivity index (χ1n) is 9.03. The van der Waals surface area contributed by atoms with E-state index >= 15 is 0 Å². The molecule has 0 atom stereocenters. The van der Waals surface area contributed by atoms with E-state index in [1.165, 1.54) is 20.3 Å². The van der Waals surface area contributed by atoms with Gasteiger partial charge in [0.05, 0.1) is 19.9 Å². The summed E-state index contributed by atoms with van der Waals surface area (Å²) in [7, 11) is 4.76. The predicted octanol–water partition coefficient (Wildman–Crippen LogP) is 4.10. The highest BCUT2D eigenvalue weighted by molar-refractivity contribution is 5.71. The van der Waals surface area contributed by atoms with E-state index in [0.717, 1.165) is 16.8 Å². The highest BCUT2D eigenvalue weighted by atomic mass is 19.1. The third-order valence-corrected chi connectivity index (χ3v) is 4.61. The van der Waals surface area contributed by atoms with Crippen LogP contribution < -0.4 is 25.1 Å². The highest BCUT2D eigenvalue weighted by Crippen LogP contribution is 2.34. The Kier molecular flexibility index (Phi) is 6.19. The lowest BCUT2D eigenvalue weighted by Crippen LogP contribution is -2.26. The summed E-state index contributed by atoms with van der Waals surface area (Å²) < 4.78 is 30.9. The molecule has 7 heteroatoms. The average Bonchev–Trinajstić information content (AvgIpc) is 2.73. The van der Waals surface area contributed by atoms with E-state index in [1.807, 2.05) is 25.1 Å². The number of anilines is 1. The lowest BCUT2D eigenvalue weighted by Gasteiger charge is -2.19. The van der Waals surface area contributed by atoms with Crippen LogP contribution in [0.25, 0.3) is 11.1 Å². The molecule has 0 amide bonds. The third-order valence-electron chi connectivity index (χ3n) is 4.61. The summed E-state index contributed by atoms with van der Waals surface area (Å²) in [4.78, 5) is 4.22. The number of benzene rings is 2. The number of methoxy groups -OCH3 is 2. The smallest absolute Gasteiger partial charge is 0.224 e. The van der Waals surface area contributed by atoms with Crippen molar-refractivity contribution in [3.63, 3.8) is 0 Å². The second-order valence-corrected chi connectivity index (χ2v) is 6.52. The molecule has 2 aromatic carbocycles. The van der Waals surface area contributed by atoms with Crippen molar-refractivity contribution in [2.24, 2.45) is 5.84 Å². The molecule has 6 nitrogen and oxygen atoms in total. The molecule has 0 bridgehead atoms. The Balaban J connectivity index is 1.92. The van der Waals surface area contributed by atoms with Crippen molar-refractivity contribution in [3.8, 4) is 28.6 Å². The fourth-order valence-corrected chi connectivity index (χ4v) is 3.06. The number of nitrogens with zero attached hydrogens (tertiary/aromatic N) is 2. The molecule has 29 heavy (non-hydrogen) atoms. The number of hydrazine groups is 1. The zero-order valence-electron chi connectivity index (χ0n) is 16.9. The van der Waals surface area contributed by atoms with Crippen molar-refractivity contribution in [2.75, 3.05) is 26.3 Å². The van der Waals surface area contributed by atoms with Gasteiger partial charge in [0.25, 0.3) is 0 Å². The zero-order chi connectivity index (χ0) is 21.0.